The Labute approximate surface area is 105 Å². The monoisotopic (exact) mass is 247 g/mol. The highest BCUT2D eigenvalue weighted by molar-refractivity contribution is 7.95. The van der Waals surface area contributed by atoms with E-state index in [1.54, 1.807) is 0 Å². The molecule has 1 atom stereocenters. The minimum absolute atomic E-state index is 0.173. The lowest BCUT2D eigenvalue weighted by Crippen LogP contribution is -2.12. The van der Waals surface area contributed by atoms with Crippen molar-refractivity contribution in [3.05, 3.63) is 71.5 Å². The van der Waals surface area contributed by atoms with Crippen molar-refractivity contribution in [1.82, 2.24) is 0 Å². The van der Waals surface area contributed by atoms with Gasteiger partial charge in [-0.15, -0.1) is 0 Å². The van der Waals surface area contributed by atoms with Gasteiger partial charge in [0.05, 0.1) is 12.5 Å². The van der Waals surface area contributed by atoms with Crippen LogP contribution in [0.2, 0.25) is 0 Å². The zero-order valence-corrected chi connectivity index (χ0v) is 10.9. The molecule has 2 aromatic rings. The van der Waals surface area contributed by atoms with E-state index in [2.05, 4.69) is 36.8 Å². The molecule has 2 aromatic carbocycles. The van der Waals surface area contributed by atoms with Crippen molar-refractivity contribution in [3.8, 4) is 0 Å². The Morgan fingerprint density at radius 3 is 1.88 bits per heavy atom. The van der Waals surface area contributed by atoms with Gasteiger partial charge < -0.3 is 0 Å². The van der Waals surface area contributed by atoms with Crippen molar-refractivity contribution in [1.29, 1.82) is 0 Å². The van der Waals surface area contributed by atoms with Crippen molar-refractivity contribution < 1.29 is 4.39 Å². The summed E-state index contributed by atoms with van der Waals surface area (Å²) in [6, 6.07) is 17.3. The van der Waals surface area contributed by atoms with Crippen LogP contribution in [0.1, 0.15) is 16.4 Å². The first-order chi connectivity index (χ1) is 8.18. The normalized spacial score (nSPS) is 12.7. The highest BCUT2D eigenvalue weighted by Crippen LogP contribution is 2.29. The number of rotatable bonds is 3. The van der Waals surface area contributed by atoms with E-state index in [1.165, 1.54) is 23.3 Å². The summed E-state index contributed by atoms with van der Waals surface area (Å²) >= 11 is 0. The summed E-state index contributed by atoms with van der Waals surface area (Å²) in [5.74, 6) is -0.173. The number of benzene rings is 2. The number of hydrogen-bond acceptors (Lipinski definition) is 0. The van der Waals surface area contributed by atoms with Gasteiger partial charge in [-0.25, -0.2) is 4.39 Å². The van der Waals surface area contributed by atoms with Gasteiger partial charge >= 0.3 is 0 Å². The van der Waals surface area contributed by atoms with Crippen LogP contribution in [0.15, 0.2) is 54.6 Å². The lowest BCUT2D eigenvalue weighted by Gasteiger charge is -2.14. The van der Waals surface area contributed by atoms with Crippen LogP contribution in [0, 0.1) is 5.82 Å². The Morgan fingerprint density at radius 2 is 1.35 bits per heavy atom. The number of hydrogen-bond donors (Lipinski definition) is 0. The Hall–Kier alpha value is -1.28. The average molecular weight is 247 g/mol. The first-order valence-corrected chi connectivity index (χ1v) is 7.65. The highest BCUT2D eigenvalue weighted by atomic mass is 32.2. The number of halogens is 1. The van der Waals surface area contributed by atoms with Crippen LogP contribution >= 0.6 is 0 Å². The Kier molecular flexibility index (Phi) is 3.85. The first kappa shape index (κ1) is 12.2. The lowest BCUT2D eigenvalue weighted by atomic mass is 10.0. The largest absolute Gasteiger partial charge is 0.207 e. The molecule has 2 rings (SSSR count). The summed E-state index contributed by atoms with van der Waals surface area (Å²) in [6.45, 7) is 0. The van der Waals surface area contributed by atoms with Crippen molar-refractivity contribution in [2.45, 2.75) is 5.25 Å². The fourth-order valence-electron chi connectivity index (χ4n) is 2.00. The fourth-order valence-corrected chi connectivity index (χ4v) is 3.41. The molecule has 2 heteroatoms. The van der Waals surface area contributed by atoms with Gasteiger partial charge in [-0.1, -0.05) is 42.5 Å². The van der Waals surface area contributed by atoms with E-state index in [0.29, 0.717) is 5.25 Å². The standard InChI is InChI=1S/C15H16FS/c1-17(2)15(12-6-4-3-5-7-12)13-8-10-14(16)11-9-13/h3-11,15H,1-2H3/q+1. The van der Waals surface area contributed by atoms with Crippen LogP contribution in [-0.4, -0.2) is 12.5 Å². The zero-order valence-electron chi connectivity index (χ0n) is 10.1. The average Bonchev–Trinajstić information content (AvgIpc) is 2.33. The SMILES string of the molecule is C[S+](C)C(c1ccccc1)c1ccc(F)cc1. The van der Waals surface area contributed by atoms with Crippen LogP contribution in [0.4, 0.5) is 4.39 Å². The van der Waals surface area contributed by atoms with Crippen molar-refractivity contribution in [2.24, 2.45) is 0 Å². The van der Waals surface area contributed by atoms with Gasteiger partial charge in [0, 0.05) is 11.1 Å². The molecule has 0 nitrogen and oxygen atoms in total. The third-order valence-corrected chi connectivity index (χ3v) is 4.23. The minimum Gasteiger partial charge on any atom is -0.207 e. The lowest BCUT2D eigenvalue weighted by molar-refractivity contribution is 0.627. The van der Waals surface area contributed by atoms with Gasteiger partial charge in [-0.3, -0.25) is 0 Å². The summed E-state index contributed by atoms with van der Waals surface area (Å²) < 4.78 is 13.0. The Balaban J connectivity index is 2.39. The van der Waals surface area contributed by atoms with E-state index in [9.17, 15) is 4.39 Å². The summed E-state index contributed by atoms with van der Waals surface area (Å²) in [5.41, 5.74) is 2.48. The van der Waals surface area contributed by atoms with Gasteiger partial charge in [0.2, 0.25) is 0 Å². The summed E-state index contributed by atoms with van der Waals surface area (Å²) in [6.07, 6.45) is 4.45. The molecule has 17 heavy (non-hydrogen) atoms. The van der Waals surface area contributed by atoms with E-state index in [0.717, 1.165) is 0 Å². The summed E-state index contributed by atoms with van der Waals surface area (Å²) in [7, 11) is 0.216. The smallest absolute Gasteiger partial charge is 0.167 e. The molecule has 0 aliphatic heterocycles. The minimum atomic E-state index is -0.173. The topological polar surface area (TPSA) is 0 Å². The maximum absolute atomic E-state index is 13.0. The predicted molar refractivity (Wildman–Crippen MR) is 73.9 cm³/mol. The first-order valence-electron chi connectivity index (χ1n) is 5.55. The molecular formula is C15H16FS+. The van der Waals surface area contributed by atoms with E-state index >= 15 is 0 Å². The van der Waals surface area contributed by atoms with Crippen molar-refractivity contribution in [2.75, 3.05) is 12.5 Å². The molecule has 0 amide bonds. The summed E-state index contributed by atoms with van der Waals surface area (Å²) in [4.78, 5) is 0. The van der Waals surface area contributed by atoms with E-state index in [4.69, 9.17) is 0 Å². The van der Waals surface area contributed by atoms with Gasteiger partial charge in [-0.05, 0) is 23.0 Å². The van der Waals surface area contributed by atoms with Crippen molar-refractivity contribution in [3.63, 3.8) is 0 Å². The Morgan fingerprint density at radius 1 is 0.824 bits per heavy atom. The van der Waals surface area contributed by atoms with Gasteiger partial charge in [0.15, 0.2) is 5.25 Å². The van der Waals surface area contributed by atoms with Crippen LogP contribution in [0.3, 0.4) is 0 Å². The van der Waals surface area contributed by atoms with Crippen LogP contribution in [0.25, 0.3) is 0 Å². The van der Waals surface area contributed by atoms with Gasteiger partial charge in [0.25, 0.3) is 0 Å². The second-order valence-corrected chi connectivity index (χ2v) is 6.45. The molecule has 0 saturated carbocycles. The van der Waals surface area contributed by atoms with E-state index in [-0.39, 0.29) is 16.7 Å². The molecule has 0 aliphatic rings. The van der Waals surface area contributed by atoms with E-state index < -0.39 is 0 Å². The maximum Gasteiger partial charge on any atom is 0.167 e. The quantitative estimate of drug-likeness (QED) is 0.724. The molecule has 0 aromatic heterocycles. The third kappa shape index (κ3) is 2.89. The maximum atomic E-state index is 13.0. The molecule has 0 fully saturated rings. The molecule has 0 aliphatic carbocycles. The fraction of sp³-hybridized carbons (Fsp3) is 0.200. The molecule has 0 radical (unpaired) electrons. The third-order valence-electron chi connectivity index (χ3n) is 2.75. The molecule has 0 saturated heterocycles. The molecule has 1 unspecified atom stereocenters. The van der Waals surface area contributed by atoms with Crippen molar-refractivity contribution >= 4 is 10.9 Å². The van der Waals surface area contributed by atoms with Crippen LogP contribution in [-0.2, 0) is 10.9 Å². The molecule has 88 valence electrons. The van der Waals surface area contributed by atoms with Crippen LogP contribution in [0.5, 0.6) is 0 Å². The second-order valence-electron chi connectivity index (χ2n) is 4.22. The van der Waals surface area contributed by atoms with Crippen LogP contribution < -0.4 is 0 Å². The molecule has 0 bridgehead atoms. The van der Waals surface area contributed by atoms with Gasteiger partial charge in [-0.2, -0.15) is 0 Å². The molecule has 0 heterocycles. The molecule has 0 spiro atoms. The Bertz CT molecular complexity index is 462. The zero-order chi connectivity index (χ0) is 12.3. The predicted octanol–water partition coefficient (Wildman–Crippen LogP) is 3.79. The highest BCUT2D eigenvalue weighted by Gasteiger charge is 2.25. The molecular weight excluding hydrogens is 231 g/mol. The summed E-state index contributed by atoms with van der Waals surface area (Å²) in [5, 5.41) is 0.358. The van der Waals surface area contributed by atoms with E-state index in [1.807, 2.05) is 18.2 Å². The second kappa shape index (κ2) is 5.37. The van der Waals surface area contributed by atoms with Gasteiger partial charge in [0.1, 0.15) is 5.82 Å². The molecule has 0 N–H and O–H groups in total.